The molecule has 0 aliphatic carbocycles. The number of likely N-dealkylation sites (tertiary alicyclic amines) is 1. The van der Waals surface area contributed by atoms with Crippen molar-refractivity contribution < 1.29 is 13.3 Å². The summed E-state index contributed by atoms with van der Waals surface area (Å²) >= 11 is 0. The maximum absolute atomic E-state index is 6.25. The number of unbranched alkanes of at least 4 members (excludes halogenated alkanes) is 1. The molecule has 1 heterocycles. The molecule has 0 N–H and O–H groups in total. The summed E-state index contributed by atoms with van der Waals surface area (Å²) in [5, 5.41) is 1.03. The van der Waals surface area contributed by atoms with Gasteiger partial charge in [-0.25, -0.2) is 0 Å². The van der Waals surface area contributed by atoms with Gasteiger partial charge in [0.05, 0.1) is 0 Å². The summed E-state index contributed by atoms with van der Waals surface area (Å²) < 4.78 is 17.7. The van der Waals surface area contributed by atoms with Crippen molar-refractivity contribution in [1.82, 2.24) is 4.90 Å². The first-order valence-corrected chi connectivity index (χ1v) is 10.5. The van der Waals surface area contributed by atoms with Crippen LogP contribution in [0.2, 0.25) is 0 Å². The van der Waals surface area contributed by atoms with E-state index in [1.807, 2.05) is 30.3 Å². The van der Waals surface area contributed by atoms with E-state index in [0.29, 0.717) is 5.92 Å². The Morgan fingerprint density at radius 3 is 2.30 bits per heavy atom. The molecule has 4 nitrogen and oxygen atoms in total. The van der Waals surface area contributed by atoms with E-state index in [1.165, 1.54) is 45.3 Å². The Bertz CT molecular complexity index is 431. The standard InChI is InChI=1S/C18H31NO3Si/c1-4-5-13-19-14-11-17(12-15-19)16-22-23(20-2,21-3)18-9-7-6-8-10-18/h6-10,17H,4-5,11-16H2,1-3H3. The fraction of sp³-hybridized carbons (Fsp3) is 0.667. The van der Waals surface area contributed by atoms with Gasteiger partial charge in [-0.1, -0.05) is 43.7 Å². The summed E-state index contributed by atoms with van der Waals surface area (Å²) in [6, 6.07) is 10.1. The van der Waals surface area contributed by atoms with Gasteiger partial charge in [-0.3, -0.25) is 0 Å². The molecule has 1 fully saturated rings. The molecule has 1 aliphatic heterocycles. The Labute approximate surface area is 142 Å². The molecular formula is C18H31NO3Si. The van der Waals surface area contributed by atoms with Crippen molar-refractivity contribution in [2.75, 3.05) is 40.5 Å². The van der Waals surface area contributed by atoms with Crippen LogP contribution in [0, 0.1) is 5.92 Å². The maximum atomic E-state index is 6.25. The lowest BCUT2D eigenvalue weighted by atomic mass is 9.98. The molecule has 0 saturated carbocycles. The van der Waals surface area contributed by atoms with E-state index in [2.05, 4.69) is 11.8 Å². The Balaban J connectivity index is 1.86. The van der Waals surface area contributed by atoms with E-state index < -0.39 is 8.80 Å². The highest BCUT2D eigenvalue weighted by Gasteiger charge is 2.42. The van der Waals surface area contributed by atoms with Crippen molar-refractivity contribution in [3.05, 3.63) is 30.3 Å². The third kappa shape index (κ3) is 5.13. The van der Waals surface area contributed by atoms with Crippen LogP contribution in [0.25, 0.3) is 0 Å². The lowest BCUT2D eigenvalue weighted by Crippen LogP contribution is -2.56. The highest BCUT2D eigenvalue weighted by molar-refractivity contribution is 6.75. The molecule has 1 saturated heterocycles. The summed E-state index contributed by atoms with van der Waals surface area (Å²) in [6.45, 7) is 6.60. The average molecular weight is 338 g/mol. The first-order chi connectivity index (χ1) is 11.2. The highest BCUT2D eigenvalue weighted by atomic mass is 28.4. The molecule has 0 atom stereocenters. The minimum absolute atomic E-state index is 0.605. The molecule has 1 aliphatic rings. The number of nitrogens with zero attached hydrogens (tertiary/aromatic N) is 1. The van der Waals surface area contributed by atoms with Gasteiger partial charge < -0.3 is 18.2 Å². The van der Waals surface area contributed by atoms with Crippen LogP contribution in [0.3, 0.4) is 0 Å². The molecule has 1 aromatic carbocycles. The molecule has 0 bridgehead atoms. The first-order valence-electron chi connectivity index (χ1n) is 8.76. The second-order valence-electron chi connectivity index (χ2n) is 6.28. The number of benzene rings is 1. The molecule has 1 aromatic rings. The average Bonchev–Trinajstić information content (AvgIpc) is 2.63. The first kappa shape index (κ1) is 18.6. The molecule has 2 rings (SSSR count). The van der Waals surface area contributed by atoms with Gasteiger partial charge in [0.15, 0.2) is 0 Å². The fourth-order valence-corrected chi connectivity index (χ4v) is 5.24. The van der Waals surface area contributed by atoms with Crippen LogP contribution in [0.15, 0.2) is 30.3 Å². The van der Waals surface area contributed by atoms with Gasteiger partial charge in [0.1, 0.15) is 0 Å². The van der Waals surface area contributed by atoms with Crippen molar-refractivity contribution in [3.8, 4) is 0 Å². The quantitative estimate of drug-likeness (QED) is 0.648. The van der Waals surface area contributed by atoms with Crippen molar-refractivity contribution in [2.24, 2.45) is 5.92 Å². The number of hydrogen-bond acceptors (Lipinski definition) is 4. The summed E-state index contributed by atoms with van der Waals surface area (Å²) in [4.78, 5) is 2.58. The van der Waals surface area contributed by atoms with Gasteiger partial charge in [-0.05, 0) is 44.8 Å². The van der Waals surface area contributed by atoms with E-state index in [9.17, 15) is 0 Å². The number of piperidine rings is 1. The summed E-state index contributed by atoms with van der Waals surface area (Å²) in [7, 11) is 0.626. The van der Waals surface area contributed by atoms with E-state index in [-0.39, 0.29) is 0 Å². The number of hydrogen-bond donors (Lipinski definition) is 0. The van der Waals surface area contributed by atoms with E-state index >= 15 is 0 Å². The van der Waals surface area contributed by atoms with Crippen LogP contribution in [0.5, 0.6) is 0 Å². The zero-order valence-corrected chi connectivity index (χ0v) is 15.8. The normalized spacial score (nSPS) is 17.5. The molecule has 0 unspecified atom stereocenters. The summed E-state index contributed by atoms with van der Waals surface area (Å²) in [5.74, 6) is 0.605. The van der Waals surface area contributed by atoms with Gasteiger partial charge in [0.2, 0.25) is 0 Å². The molecule has 23 heavy (non-hydrogen) atoms. The maximum Gasteiger partial charge on any atom is 0.536 e. The Hall–Kier alpha value is -0.723. The molecule has 5 heteroatoms. The minimum atomic E-state index is -2.76. The Morgan fingerprint density at radius 2 is 1.74 bits per heavy atom. The van der Waals surface area contributed by atoms with Gasteiger partial charge in [0, 0.05) is 26.0 Å². The topological polar surface area (TPSA) is 30.9 Å². The molecule has 0 amide bonds. The molecule has 0 radical (unpaired) electrons. The van der Waals surface area contributed by atoms with Gasteiger partial charge in [0.25, 0.3) is 0 Å². The lowest BCUT2D eigenvalue weighted by molar-refractivity contribution is 0.0740. The van der Waals surface area contributed by atoms with Crippen molar-refractivity contribution in [2.45, 2.75) is 32.6 Å². The third-order valence-electron chi connectivity index (χ3n) is 4.71. The van der Waals surface area contributed by atoms with Crippen LogP contribution >= 0.6 is 0 Å². The Kier molecular flexibility index (Phi) is 7.72. The second kappa shape index (κ2) is 9.54. The molecule has 0 aromatic heterocycles. The number of rotatable bonds is 9. The van der Waals surface area contributed by atoms with Crippen LogP contribution in [0.1, 0.15) is 32.6 Å². The van der Waals surface area contributed by atoms with E-state index in [4.69, 9.17) is 13.3 Å². The highest BCUT2D eigenvalue weighted by Crippen LogP contribution is 2.20. The van der Waals surface area contributed by atoms with Crippen LogP contribution in [-0.2, 0) is 13.3 Å². The molecule has 0 spiro atoms. The Morgan fingerprint density at radius 1 is 1.09 bits per heavy atom. The van der Waals surface area contributed by atoms with Crippen LogP contribution in [-0.4, -0.2) is 54.2 Å². The van der Waals surface area contributed by atoms with Crippen molar-refractivity contribution in [3.63, 3.8) is 0 Å². The predicted molar refractivity (Wildman–Crippen MR) is 95.9 cm³/mol. The fourth-order valence-electron chi connectivity index (χ4n) is 3.15. The van der Waals surface area contributed by atoms with Crippen LogP contribution in [0.4, 0.5) is 0 Å². The largest absolute Gasteiger partial charge is 0.536 e. The van der Waals surface area contributed by atoms with Gasteiger partial charge in [-0.2, -0.15) is 0 Å². The molecule has 130 valence electrons. The summed E-state index contributed by atoms with van der Waals surface area (Å²) in [6.07, 6.45) is 4.99. The van der Waals surface area contributed by atoms with Gasteiger partial charge >= 0.3 is 8.80 Å². The third-order valence-corrected chi connectivity index (χ3v) is 7.37. The lowest BCUT2D eigenvalue weighted by Gasteiger charge is -2.34. The smallest absolute Gasteiger partial charge is 0.373 e. The van der Waals surface area contributed by atoms with Gasteiger partial charge in [-0.15, -0.1) is 0 Å². The SMILES string of the molecule is CCCCN1CCC(CO[Si](OC)(OC)c2ccccc2)CC1. The van der Waals surface area contributed by atoms with Crippen molar-refractivity contribution >= 4 is 14.0 Å². The monoisotopic (exact) mass is 337 g/mol. The van der Waals surface area contributed by atoms with Crippen molar-refractivity contribution in [1.29, 1.82) is 0 Å². The van der Waals surface area contributed by atoms with Crippen LogP contribution < -0.4 is 5.19 Å². The zero-order chi connectivity index (χ0) is 16.5. The summed E-state index contributed by atoms with van der Waals surface area (Å²) in [5.41, 5.74) is 0. The van der Waals surface area contributed by atoms with E-state index in [0.717, 1.165) is 11.8 Å². The zero-order valence-electron chi connectivity index (χ0n) is 14.8. The minimum Gasteiger partial charge on any atom is -0.373 e. The predicted octanol–water partition coefficient (Wildman–Crippen LogP) is 2.65. The second-order valence-corrected chi connectivity index (χ2v) is 9.07. The molecular weight excluding hydrogens is 306 g/mol. The van der Waals surface area contributed by atoms with E-state index in [1.54, 1.807) is 14.2 Å².